The number of benzene rings is 2. The minimum absolute atomic E-state index is 0.0394. The summed E-state index contributed by atoms with van der Waals surface area (Å²) in [6.45, 7) is 2.02. The zero-order valence-corrected chi connectivity index (χ0v) is 10.7. The van der Waals surface area contributed by atoms with Crippen molar-refractivity contribution in [1.29, 1.82) is 0 Å². The van der Waals surface area contributed by atoms with E-state index >= 15 is 0 Å². The van der Waals surface area contributed by atoms with Gasteiger partial charge in [0, 0.05) is 0 Å². The lowest BCUT2D eigenvalue weighted by atomic mass is 10.1. The number of imidazole rings is 1. The van der Waals surface area contributed by atoms with Crippen LogP contribution in [0.1, 0.15) is 15.9 Å². The number of aryl methyl sites for hydroxylation is 1. The normalized spacial score (nSPS) is 10.8. The molecule has 94 valence electrons. The minimum Gasteiger partial charge on any atom is -0.274 e. The molecule has 0 fully saturated rings. The van der Waals surface area contributed by atoms with Crippen LogP contribution >= 0.6 is 0 Å². The van der Waals surface area contributed by atoms with Crippen LogP contribution in [0.15, 0.2) is 54.9 Å². The molecular weight excluding hydrogens is 236 g/mol. The summed E-state index contributed by atoms with van der Waals surface area (Å²) in [6, 6.07) is 15.7. The smallest absolute Gasteiger partial charge is 0.236 e. The van der Waals surface area contributed by atoms with Gasteiger partial charge in [-0.2, -0.15) is 0 Å². The van der Waals surface area contributed by atoms with Crippen LogP contribution in [0.3, 0.4) is 0 Å². The van der Waals surface area contributed by atoms with Gasteiger partial charge in [0.2, 0.25) is 5.91 Å². The Labute approximate surface area is 111 Å². The molecule has 3 nitrogen and oxygen atoms in total. The van der Waals surface area contributed by atoms with Crippen LogP contribution in [0.25, 0.3) is 11.0 Å². The van der Waals surface area contributed by atoms with Crippen molar-refractivity contribution in [2.45, 2.75) is 13.3 Å². The number of hydrogen-bond donors (Lipinski definition) is 0. The van der Waals surface area contributed by atoms with Crippen LogP contribution < -0.4 is 0 Å². The molecule has 3 heteroatoms. The third kappa shape index (κ3) is 2.27. The molecule has 0 N–H and O–H groups in total. The van der Waals surface area contributed by atoms with Crippen molar-refractivity contribution in [2.24, 2.45) is 0 Å². The van der Waals surface area contributed by atoms with E-state index in [0.717, 1.165) is 22.2 Å². The summed E-state index contributed by atoms with van der Waals surface area (Å²) < 4.78 is 1.63. The molecule has 0 radical (unpaired) electrons. The summed E-state index contributed by atoms with van der Waals surface area (Å²) in [5.41, 5.74) is 3.89. The maximum atomic E-state index is 12.3. The highest BCUT2D eigenvalue weighted by atomic mass is 16.2. The molecule has 0 bridgehead atoms. The predicted molar refractivity (Wildman–Crippen MR) is 75.2 cm³/mol. The van der Waals surface area contributed by atoms with Crippen molar-refractivity contribution in [2.75, 3.05) is 0 Å². The van der Waals surface area contributed by atoms with Crippen molar-refractivity contribution >= 4 is 16.9 Å². The summed E-state index contributed by atoms with van der Waals surface area (Å²) in [5, 5.41) is 0. The molecule has 2 aromatic carbocycles. The molecule has 3 aromatic rings. The monoisotopic (exact) mass is 250 g/mol. The number of carbonyl (C=O) groups excluding carboxylic acids is 1. The Morgan fingerprint density at radius 2 is 1.95 bits per heavy atom. The van der Waals surface area contributed by atoms with Gasteiger partial charge in [-0.05, 0) is 30.2 Å². The molecule has 0 amide bonds. The van der Waals surface area contributed by atoms with E-state index in [-0.39, 0.29) is 5.91 Å². The number of nitrogens with zero attached hydrogens (tertiary/aromatic N) is 2. The van der Waals surface area contributed by atoms with E-state index in [1.807, 2.05) is 55.5 Å². The van der Waals surface area contributed by atoms with Gasteiger partial charge in [-0.25, -0.2) is 4.98 Å². The number of carbonyl (C=O) groups is 1. The second-order valence-electron chi connectivity index (χ2n) is 4.66. The summed E-state index contributed by atoms with van der Waals surface area (Å²) in [6.07, 6.45) is 2.00. The highest BCUT2D eigenvalue weighted by molar-refractivity contribution is 5.91. The first-order valence-corrected chi connectivity index (χ1v) is 6.25. The average Bonchev–Trinajstić information content (AvgIpc) is 2.82. The van der Waals surface area contributed by atoms with Gasteiger partial charge in [-0.15, -0.1) is 0 Å². The first-order chi connectivity index (χ1) is 9.24. The maximum absolute atomic E-state index is 12.3. The summed E-state index contributed by atoms with van der Waals surface area (Å²) in [7, 11) is 0. The molecule has 1 heterocycles. The standard InChI is InChI=1S/C16H14N2O/c1-12-7-8-15-14(9-12)17-11-18(15)16(19)10-13-5-3-2-4-6-13/h2-9,11H,10H2,1H3. The van der Waals surface area contributed by atoms with E-state index in [0.29, 0.717) is 6.42 Å². The van der Waals surface area contributed by atoms with Gasteiger partial charge in [0.05, 0.1) is 17.5 Å². The summed E-state index contributed by atoms with van der Waals surface area (Å²) in [4.78, 5) is 16.6. The molecular formula is C16H14N2O. The Balaban J connectivity index is 1.94. The topological polar surface area (TPSA) is 34.9 Å². The fourth-order valence-corrected chi connectivity index (χ4v) is 2.18. The quantitative estimate of drug-likeness (QED) is 0.700. The van der Waals surface area contributed by atoms with Gasteiger partial charge in [-0.3, -0.25) is 9.36 Å². The van der Waals surface area contributed by atoms with E-state index in [1.165, 1.54) is 0 Å². The van der Waals surface area contributed by atoms with E-state index in [1.54, 1.807) is 10.9 Å². The zero-order valence-electron chi connectivity index (χ0n) is 10.7. The molecule has 0 unspecified atom stereocenters. The Kier molecular flexibility index (Phi) is 2.88. The molecule has 0 aliphatic rings. The second kappa shape index (κ2) is 4.69. The van der Waals surface area contributed by atoms with Gasteiger partial charge >= 0.3 is 0 Å². The van der Waals surface area contributed by atoms with Gasteiger partial charge in [-0.1, -0.05) is 36.4 Å². The number of aromatic nitrogens is 2. The van der Waals surface area contributed by atoms with Crippen LogP contribution in [0, 0.1) is 6.92 Å². The molecule has 0 saturated carbocycles. The predicted octanol–water partition coefficient (Wildman–Crippen LogP) is 3.23. The molecule has 0 saturated heterocycles. The van der Waals surface area contributed by atoms with Crippen molar-refractivity contribution < 1.29 is 4.79 Å². The Hall–Kier alpha value is -2.42. The second-order valence-corrected chi connectivity index (χ2v) is 4.66. The van der Waals surface area contributed by atoms with Gasteiger partial charge < -0.3 is 0 Å². The molecule has 0 spiro atoms. The fraction of sp³-hybridized carbons (Fsp3) is 0.125. The lowest BCUT2D eigenvalue weighted by molar-refractivity contribution is 0.0919. The first kappa shape index (κ1) is 11.7. The van der Waals surface area contributed by atoms with E-state index in [4.69, 9.17) is 0 Å². The SMILES string of the molecule is Cc1ccc2c(c1)ncn2C(=O)Cc1ccccc1. The van der Waals surface area contributed by atoms with E-state index in [9.17, 15) is 4.79 Å². The lowest BCUT2D eigenvalue weighted by Gasteiger charge is -2.03. The van der Waals surface area contributed by atoms with Crippen LogP contribution in [0.4, 0.5) is 0 Å². The Morgan fingerprint density at radius 1 is 1.16 bits per heavy atom. The molecule has 3 rings (SSSR count). The van der Waals surface area contributed by atoms with E-state index in [2.05, 4.69) is 4.98 Å². The van der Waals surface area contributed by atoms with Crippen molar-refractivity contribution in [1.82, 2.24) is 9.55 Å². The van der Waals surface area contributed by atoms with Crippen LogP contribution in [-0.4, -0.2) is 15.5 Å². The van der Waals surface area contributed by atoms with Crippen LogP contribution in [-0.2, 0) is 6.42 Å². The molecule has 0 aliphatic carbocycles. The molecule has 0 atom stereocenters. The third-order valence-corrected chi connectivity index (χ3v) is 3.17. The fourth-order valence-electron chi connectivity index (χ4n) is 2.18. The van der Waals surface area contributed by atoms with Crippen LogP contribution in [0.2, 0.25) is 0 Å². The highest BCUT2D eigenvalue weighted by Gasteiger charge is 2.10. The first-order valence-electron chi connectivity index (χ1n) is 6.25. The van der Waals surface area contributed by atoms with Gasteiger partial charge in [0.15, 0.2) is 0 Å². The zero-order chi connectivity index (χ0) is 13.2. The molecule has 19 heavy (non-hydrogen) atoms. The van der Waals surface area contributed by atoms with Gasteiger partial charge in [0.25, 0.3) is 0 Å². The molecule has 0 aliphatic heterocycles. The number of fused-ring (bicyclic) bond motifs is 1. The van der Waals surface area contributed by atoms with E-state index < -0.39 is 0 Å². The van der Waals surface area contributed by atoms with Crippen molar-refractivity contribution in [3.05, 3.63) is 66.0 Å². The van der Waals surface area contributed by atoms with Gasteiger partial charge in [0.1, 0.15) is 6.33 Å². The van der Waals surface area contributed by atoms with Crippen LogP contribution in [0.5, 0.6) is 0 Å². The largest absolute Gasteiger partial charge is 0.274 e. The number of rotatable bonds is 2. The average molecular weight is 250 g/mol. The van der Waals surface area contributed by atoms with Crippen molar-refractivity contribution in [3.63, 3.8) is 0 Å². The Morgan fingerprint density at radius 3 is 2.74 bits per heavy atom. The number of hydrogen-bond acceptors (Lipinski definition) is 2. The highest BCUT2D eigenvalue weighted by Crippen LogP contribution is 2.15. The van der Waals surface area contributed by atoms with Crippen molar-refractivity contribution in [3.8, 4) is 0 Å². The maximum Gasteiger partial charge on any atom is 0.236 e. The third-order valence-electron chi connectivity index (χ3n) is 3.17. The Bertz CT molecular complexity index is 729. The summed E-state index contributed by atoms with van der Waals surface area (Å²) in [5.74, 6) is 0.0394. The summed E-state index contributed by atoms with van der Waals surface area (Å²) >= 11 is 0. The molecule has 1 aromatic heterocycles. The lowest BCUT2D eigenvalue weighted by Crippen LogP contribution is -2.12. The minimum atomic E-state index is 0.0394.